The van der Waals surface area contributed by atoms with Crippen LogP contribution in [-0.4, -0.2) is 49.5 Å². The number of carbonyl (C=O) groups excluding carboxylic acids is 1. The monoisotopic (exact) mass is 402 g/mol. The van der Waals surface area contributed by atoms with Gasteiger partial charge in [0, 0.05) is 42.3 Å². The molecule has 0 saturated heterocycles. The van der Waals surface area contributed by atoms with Crippen LogP contribution in [0.5, 0.6) is 23.3 Å². The number of anilines is 1. The van der Waals surface area contributed by atoms with E-state index in [0.29, 0.717) is 28.9 Å². The zero-order chi connectivity index (χ0) is 20.6. The molecule has 156 valence electrons. The minimum absolute atomic E-state index is 0.0179. The lowest BCUT2D eigenvalue weighted by Gasteiger charge is -2.29. The lowest BCUT2D eigenvalue weighted by atomic mass is 9.93. The molecule has 1 aromatic heterocycles. The molecule has 0 spiro atoms. The van der Waals surface area contributed by atoms with Gasteiger partial charge in [-0.05, 0) is 25.7 Å². The number of hydrogen-bond acceptors (Lipinski definition) is 7. The zero-order valence-electron chi connectivity index (χ0n) is 16.8. The van der Waals surface area contributed by atoms with Crippen molar-refractivity contribution in [2.45, 2.75) is 37.8 Å². The highest BCUT2D eigenvalue weighted by atomic mass is 16.5. The number of aromatic nitrogens is 2. The Bertz CT molecular complexity index is 802. The highest BCUT2D eigenvalue weighted by Crippen LogP contribution is 2.28. The van der Waals surface area contributed by atoms with E-state index >= 15 is 0 Å². The van der Waals surface area contributed by atoms with E-state index in [-0.39, 0.29) is 18.2 Å². The van der Waals surface area contributed by atoms with Gasteiger partial charge in [0.25, 0.3) is 11.8 Å². The Morgan fingerprint density at radius 2 is 1.52 bits per heavy atom. The molecule has 1 aliphatic carbocycles. The number of urea groups is 1. The Morgan fingerprint density at radius 1 is 0.897 bits per heavy atom. The van der Waals surface area contributed by atoms with Gasteiger partial charge in [-0.1, -0.05) is 0 Å². The Hall–Kier alpha value is -3.23. The molecular weight excluding hydrogens is 376 g/mol. The average Bonchev–Trinajstić information content (AvgIpc) is 2.75. The lowest BCUT2D eigenvalue weighted by molar-refractivity contribution is 0.129. The summed E-state index contributed by atoms with van der Waals surface area (Å²) in [4.78, 5) is 20.6. The van der Waals surface area contributed by atoms with E-state index in [1.807, 2.05) is 0 Å². The van der Waals surface area contributed by atoms with E-state index in [0.717, 1.165) is 25.7 Å². The first-order valence-electron chi connectivity index (χ1n) is 9.43. The average molecular weight is 402 g/mol. The van der Waals surface area contributed by atoms with Crippen LogP contribution in [0, 0.1) is 0 Å². The van der Waals surface area contributed by atoms with Crippen LogP contribution in [0.3, 0.4) is 0 Å². The predicted octanol–water partition coefficient (Wildman–Crippen LogP) is 3.01. The van der Waals surface area contributed by atoms with E-state index in [4.69, 9.17) is 18.9 Å². The first kappa shape index (κ1) is 20.5. The normalized spacial score (nSPS) is 18.4. The number of methoxy groups -OCH3 is 3. The van der Waals surface area contributed by atoms with Crippen molar-refractivity contribution in [3.8, 4) is 23.3 Å². The molecule has 9 heteroatoms. The molecule has 0 atom stereocenters. The second-order valence-corrected chi connectivity index (χ2v) is 6.66. The molecule has 3 rings (SSSR count). The van der Waals surface area contributed by atoms with Crippen molar-refractivity contribution in [2.24, 2.45) is 0 Å². The van der Waals surface area contributed by atoms with E-state index in [1.54, 1.807) is 44.8 Å². The summed E-state index contributed by atoms with van der Waals surface area (Å²) in [5.74, 6) is 1.99. The summed E-state index contributed by atoms with van der Waals surface area (Å²) in [6.45, 7) is 0. The second kappa shape index (κ2) is 9.81. The van der Waals surface area contributed by atoms with Crippen molar-refractivity contribution in [3.05, 3.63) is 30.6 Å². The van der Waals surface area contributed by atoms with Crippen LogP contribution in [0.25, 0.3) is 0 Å². The number of benzene rings is 1. The van der Waals surface area contributed by atoms with Gasteiger partial charge in [-0.3, -0.25) is 0 Å². The van der Waals surface area contributed by atoms with Crippen LogP contribution in [0.2, 0.25) is 0 Å². The standard InChI is InChI=1S/C20H26N4O5/c1-26-16-10-14(11-17(12-16)27-2)24-20(25)23-13-4-6-15(7-5-13)29-19-18(28-3)21-8-9-22-19/h8-13,15H,4-7H2,1-3H3,(H2,23,24,25). The second-order valence-electron chi connectivity index (χ2n) is 6.66. The van der Waals surface area contributed by atoms with Crippen LogP contribution >= 0.6 is 0 Å². The number of amides is 2. The number of nitrogens with zero attached hydrogens (tertiary/aromatic N) is 2. The number of rotatable bonds is 7. The first-order valence-corrected chi connectivity index (χ1v) is 9.43. The lowest BCUT2D eigenvalue weighted by Crippen LogP contribution is -2.41. The largest absolute Gasteiger partial charge is 0.497 e. The predicted molar refractivity (Wildman–Crippen MR) is 107 cm³/mol. The van der Waals surface area contributed by atoms with Crippen molar-refractivity contribution in [1.82, 2.24) is 15.3 Å². The SMILES string of the molecule is COc1cc(NC(=O)NC2CCC(Oc3nccnc3OC)CC2)cc(OC)c1. The maximum absolute atomic E-state index is 12.4. The molecule has 1 fully saturated rings. The molecule has 0 unspecified atom stereocenters. The van der Waals surface area contributed by atoms with E-state index in [1.165, 1.54) is 7.11 Å². The van der Waals surface area contributed by atoms with Crippen LogP contribution in [0.4, 0.5) is 10.5 Å². The minimum Gasteiger partial charge on any atom is -0.497 e. The third kappa shape index (κ3) is 5.63. The Morgan fingerprint density at radius 3 is 2.10 bits per heavy atom. The van der Waals surface area contributed by atoms with Gasteiger partial charge in [0.1, 0.15) is 17.6 Å². The fraction of sp³-hybridized carbons (Fsp3) is 0.450. The number of carbonyl (C=O) groups is 1. The van der Waals surface area contributed by atoms with Gasteiger partial charge in [0.2, 0.25) is 0 Å². The van der Waals surface area contributed by atoms with Gasteiger partial charge in [-0.2, -0.15) is 0 Å². The van der Waals surface area contributed by atoms with E-state index < -0.39 is 0 Å². The Balaban J connectivity index is 1.48. The van der Waals surface area contributed by atoms with Crippen LogP contribution in [-0.2, 0) is 0 Å². The summed E-state index contributed by atoms with van der Waals surface area (Å²) in [6, 6.07) is 5.03. The van der Waals surface area contributed by atoms with Gasteiger partial charge >= 0.3 is 6.03 Å². The van der Waals surface area contributed by atoms with E-state index in [9.17, 15) is 4.79 Å². The maximum Gasteiger partial charge on any atom is 0.319 e. The maximum atomic E-state index is 12.4. The fourth-order valence-electron chi connectivity index (χ4n) is 3.25. The quantitative estimate of drug-likeness (QED) is 0.734. The van der Waals surface area contributed by atoms with Crippen molar-refractivity contribution in [2.75, 3.05) is 26.6 Å². The van der Waals surface area contributed by atoms with Gasteiger partial charge < -0.3 is 29.6 Å². The van der Waals surface area contributed by atoms with Crippen molar-refractivity contribution < 1.29 is 23.7 Å². The minimum atomic E-state index is -0.264. The third-order valence-electron chi connectivity index (χ3n) is 4.72. The molecule has 2 amide bonds. The molecule has 0 bridgehead atoms. The molecule has 2 aromatic rings. The Labute approximate surface area is 169 Å². The molecule has 1 aliphatic rings. The summed E-state index contributed by atoms with van der Waals surface area (Å²) in [7, 11) is 4.67. The van der Waals surface area contributed by atoms with Gasteiger partial charge in [0.15, 0.2) is 0 Å². The first-order chi connectivity index (χ1) is 14.1. The van der Waals surface area contributed by atoms with E-state index in [2.05, 4.69) is 20.6 Å². The van der Waals surface area contributed by atoms with Crippen LogP contribution in [0.15, 0.2) is 30.6 Å². The molecule has 0 radical (unpaired) electrons. The topological polar surface area (TPSA) is 104 Å². The van der Waals surface area contributed by atoms with Gasteiger partial charge in [0.05, 0.1) is 21.3 Å². The van der Waals surface area contributed by atoms with Gasteiger partial charge in [-0.15, -0.1) is 0 Å². The molecule has 0 aliphatic heterocycles. The van der Waals surface area contributed by atoms with Crippen molar-refractivity contribution in [1.29, 1.82) is 0 Å². The molecule has 1 heterocycles. The smallest absolute Gasteiger partial charge is 0.319 e. The van der Waals surface area contributed by atoms with Crippen molar-refractivity contribution >= 4 is 11.7 Å². The number of ether oxygens (including phenoxy) is 4. The number of hydrogen-bond donors (Lipinski definition) is 2. The highest BCUT2D eigenvalue weighted by molar-refractivity contribution is 5.90. The summed E-state index contributed by atoms with van der Waals surface area (Å²) in [5, 5.41) is 5.84. The van der Waals surface area contributed by atoms with Crippen molar-refractivity contribution in [3.63, 3.8) is 0 Å². The molecule has 29 heavy (non-hydrogen) atoms. The summed E-state index contributed by atoms with van der Waals surface area (Å²) >= 11 is 0. The molecule has 1 saturated carbocycles. The molecule has 9 nitrogen and oxygen atoms in total. The summed E-state index contributed by atoms with van der Waals surface area (Å²) in [5.41, 5.74) is 0.602. The molecule has 2 N–H and O–H groups in total. The summed E-state index contributed by atoms with van der Waals surface area (Å²) in [6.07, 6.45) is 6.37. The van der Waals surface area contributed by atoms with Gasteiger partial charge in [-0.25, -0.2) is 14.8 Å². The van der Waals surface area contributed by atoms with Crippen LogP contribution < -0.4 is 29.6 Å². The molecular formula is C20H26N4O5. The highest BCUT2D eigenvalue weighted by Gasteiger charge is 2.25. The number of nitrogens with one attached hydrogen (secondary N) is 2. The Kier molecular flexibility index (Phi) is 6.94. The summed E-state index contributed by atoms with van der Waals surface area (Å²) < 4.78 is 21.5. The third-order valence-corrected chi connectivity index (χ3v) is 4.72. The molecule has 1 aromatic carbocycles. The van der Waals surface area contributed by atoms with Crippen LogP contribution in [0.1, 0.15) is 25.7 Å². The zero-order valence-corrected chi connectivity index (χ0v) is 16.8. The fourth-order valence-corrected chi connectivity index (χ4v) is 3.25.